The lowest BCUT2D eigenvalue weighted by molar-refractivity contribution is 0.0729. The lowest BCUT2D eigenvalue weighted by Crippen LogP contribution is -2.31. The van der Waals surface area contributed by atoms with Crippen molar-refractivity contribution in [3.8, 4) is 22.7 Å². The van der Waals surface area contributed by atoms with Gasteiger partial charge in [0.2, 0.25) is 0 Å². The fourth-order valence-corrected chi connectivity index (χ4v) is 3.62. The van der Waals surface area contributed by atoms with Crippen LogP contribution in [0.25, 0.3) is 16.9 Å². The molecule has 6 heteroatoms. The highest BCUT2D eigenvalue weighted by Gasteiger charge is 2.37. The lowest BCUT2D eigenvalue weighted by atomic mass is 10.1. The summed E-state index contributed by atoms with van der Waals surface area (Å²) in [4.78, 5) is 14.9. The largest absolute Gasteiger partial charge is 0.497 e. The Bertz CT molecular complexity index is 1010. The van der Waals surface area contributed by atoms with Crippen molar-refractivity contribution in [3.05, 3.63) is 64.8 Å². The first kappa shape index (κ1) is 17.6. The summed E-state index contributed by atoms with van der Waals surface area (Å²) in [6.45, 7) is 4.53. The second-order valence-electron chi connectivity index (χ2n) is 6.79. The van der Waals surface area contributed by atoms with E-state index < -0.39 is 0 Å². The van der Waals surface area contributed by atoms with Crippen LogP contribution in [0.5, 0.6) is 5.75 Å². The Morgan fingerprint density at radius 3 is 2.44 bits per heavy atom. The highest BCUT2D eigenvalue weighted by atomic mass is 35.5. The van der Waals surface area contributed by atoms with E-state index in [0.717, 1.165) is 28.4 Å². The van der Waals surface area contributed by atoms with Crippen LogP contribution >= 0.6 is 11.6 Å². The molecule has 1 aliphatic heterocycles. The Hall–Kier alpha value is -2.79. The Labute approximate surface area is 163 Å². The van der Waals surface area contributed by atoms with Gasteiger partial charge in [0.1, 0.15) is 5.75 Å². The first-order valence-electron chi connectivity index (χ1n) is 8.83. The molecule has 0 radical (unpaired) electrons. The van der Waals surface area contributed by atoms with Crippen molar-refractivity contribution in [2.75, 3.05) is 7.11 Å². The van der Waals surface area contributed by atoms with E-state index >= 15 is 0 Å². The molecule has 0 unspecified atom stereocenters. The molecule has 0 spiro atoms. The molecule has 27 heavy (non-hydrogen) atoms. The third-order valence-corrected chi connectivity index (χ3v) is 5.14. The normalized spacial score (nSPS) is 13.4. The van der Waals surface area contributed by atoms with Crippen LogP contribution < -0.4 is 4.74 Å². The Morgan fingerprint density at radius 2 is 1.81 bits per heavy atom. The standard InChI is InChI=1S/C21H20ClN3O2/c1-13(2)24-12-17-19(21(24)26)20(14-8-10-15(27-3)11-9-14)25(23-17)18-7-5-4-6-16(18)22/h4-11,13H,12H2,1-3H3. The smallest absolute Gasteiger partial charge is 0.258 e. The van der Waals surface area contributed by atoms with Gasteiger partial charge in [0.15, 0.2) is 0 Å². The molecule has 0 aliphatic carbocycles. The molecule has 0 N–H and O–H groups in total. The second-order valence-corrected chi connectivity index (χ2v) is 7.20. The van der Waals surface area contributed by atoms with Gasteiger partial charge in [0, 0.05) is 11.6 Å². The number of nitrogens with zero attached hydrogens (tertiary/aromatic N) is 3. The first-order valence-corrected chi connectivity index (χ1v) is 9.21. The molecule has 1 aliphatic rings. The van der Waals surface area contributed by atoms with Gasteiger partial charge in [-0.3, -0.25) is 4.79 Å². The number of benzene rings is 2. The van der Waals surface area contributed by atoms with Gasteiger partial charge in [-0.05, 0) is 50.2 Å². The van der Waals surface area contributed by atoms with Crippen LogP contribution in [0, 0.1) is 0 Å². The molecule has 0 saturated heterocycles. The molecule has 138 valence electrons. The molecule has 0 atom stereocenters. The minimum Gasteiger partial charge on any atom is -0.497 e. The summed E-state index contributed by atoms with van der Waals surface area (Å²) in [6.07, 6.45) is 0. The average molecular weight is 382 g/mol. The molecule has 1 aromatic heterocycles. The number of ether oxygens (including phenoxy) is 1. The van der Waals surface area contributed by atoms with E-state index in [-0.39, 0.29) is 11.9 Å². The summed E-state index contributed by atoms with van der Waals surface area (Å²) >= 11 is 6.43. The quantitative estimate of drug-likeness (QED) is 0.665. The van der Waals surface area contributed by atoms with Crippen molar-refractivity contribution in [2.24, 2.45) is 0 Å². The second kappa shape index (κ2) is 6.74. The molecule has 5 nitrogen and oxygen atoms in total. The van der Waals surface area contributed by atoms with E-state index in [1.165, 1.54) is 0 Å². The zero-order valence-corrected chi connectivity index (χ0v) is 16.2. The number of aromatic nitrogens is 2. The predicted octanol–water partition coefficient (Wildman–Crippen LogP) is 4.57. The lowest BCUT2D eigenvalue weighted by Gasteiger charge is -2.21. The minimum absolute atomic E-state index is 0.00382. The first-order chi connectivity index (χ1) is 13.0. The zero-order valence-electron chi connectivity index (χ0n) is 15.4. The molecule has 2 heterocycles. The highest BCUT2D eigenvalue weighted by Crippen LogP contribution is 2.37. The maximum Gasteiger partial charge on any atom is 0.258 e. The van der Waals surface area contributed by atoms with E-state index in [1.54, 1.807) is 11.8 Å². The summed E-state index contributed by atoms with van der Waals surface area (Å²) in [5.74, 6) is 0.762. The molecule has 3 aromatic rings. The molecule has 2 aromatic carbocycles. The van der Waals surface area contributed by atoms with Crippen molar-refractivity contribution in [3.63, 3.8) is 0 Å². The summed E-state index contributed by atoms with van der Waals surface area (Å²) < 4.78 is 7.05. The Kier molecular flexibility index (Phi) is 4.40. The van der Waals surface area contributed by atoms with Gasteiger partial charge in [0.25, 0.3) is 5.91 Å². The molecule has 1 amide bonds. The number of methoxy groups -OCH3 is 1. The van der Waals surface area contributed by atoms with E-state index in [0.29, 0.717) is 17.1 Å². The third-order valence-electron chi connectivity index (χ3n) is 4.82. The summed E-state index contributed by atoms with van der Waals surface area (Å²) in [5.41, 5.74) is 3.83. The fourth-order valence-electron chi connectivity index (χ4n) is 3.41. The van der Waals surface area contributed by atoms with Gasteiger partial charge in [-0.2, -0.15) is 5.10 Å². The van der Waals surface area contributed by atoms with Gasteiger partial charge in [0.05, 0.1) is 41.3 Å². The molecule has 0 fully saturated rings. The van der Waals surface area contributed by atoms with Crippen LogP contribution in [0.3, 0.4) is 0 Å². The van der Waals surface area contributed by atoms with Crippen LogP contribution in [0.4, 0.5) is 0 Å². The van der Waals surface area contributed by atoms with Crippen LogP contribution in [0.15, 0.2) is 48.5 Å². The maximum atomic E-state index is 13.1. The third kappa shape index (κ3) is 2.88. The van der Waals surface area contributed by atoms with Crippen molar-refractivity contribution in [1.82, 2.24) is 14.7 Å². The van der Waals surface area contributed by atoms with Crippen molar-refractivity contribution < 1.29 is 9.53 Å². The van der Waals surface area contributed by atoms with E-state index in [4.69, 9.17) is 21.4 Å². The average Bonchev–Trinajstić information content (AvgIpc) is 3.19. The van der Waals surface area contributed by atoms with E-state index in [2.05, 4.69) is 0 Å². The number of carbonyl (C=O) groups excluding carboxylic acids is 1. The van der Waals surface area contributed by atoms with Crippen molar-refractivity contribution in [1.29, 1.82) is 0 Å². The number of para-hydroxylation sites is 1. The Morgan fingerprint density at radius 1 is 1.11 bits per heavy atom. The van der Waals surface area contributed by atoms with E-state index in [9.17, 15) is 4.79 Å². The van der Waals surface area contributed by atoms with E-state index in [1.807, 2.05) is 67.3 Å². The maximum absolute atomic E-state index is 13.1. The molecular weight excluding hydrogens is 362 g/mol. The highest BCUT2D eigenvalue weighted by molar-refractivity contribution is 6.32. The predicted molar refractivity (Wildman–Crippen MR) is 106 cm³/mol. The Balaban J connectivity index is 1.94. The zero-order chi connectivity index (χ0) is 19.1. The van der Waals surface area contributed by atoms with Crippen molar-refractivity contribution in [2.45, 2.75) is 26.4 Å². The van der Waals surface area contributed by atoms with Crippen LogP contribution in [-0.2, 0) is 6.54 Å². The van der Waals surface area contributed by atoms with Crippen LogP contribution in [0.1, 0.15) is 29.9 Å². The van der Waals surface area contributed by atoms with Gasteiger partial charge in [-0.25, -0.2) is 4.68 Å². The number of halogens is 1. The van der Waals surface area contributed by atoms with Gasteiger partial charge < -0.3 is 9.64 Å². The number of amides is 1. The number of hydrogen-bond donors (Lipinski definition) is 0. The van der Waals surface area contributed by atoms with Crippen LogP contribution in [-0.4, -0.2) is 33.7 Å². The van der Waals surface area contributed by atoms with Crippen LogP contribution in [0.2, 0.25) is 5.02 Å². The molecule has 0 bridgehead atoms. The van der Waals surface area contributed by atoms with Gasteiger partial charge in [-0.15, -0.1) is 0 Å². The SMILES string of the molecule is COc1ccc(-c2c3c(nn2-c2ccccc2Cl)CN(C(C)C)C3=O)cc1. The van der Waals surface area contributed by atoms with Gasteiger partial charge in [-0.1, -0.05) is 23.7 Å². The minimum atomic E-state index is 0.00382. The number of fused-ring (bicyclic) bond motifs is 1. The van der Waals surface area contributed by atoms with Crippen molar-refractivity contribution >= 4 is 17.5 Å². The molecule has 0 saturated carbocycles. The number of hydrogen-bond acceptors (Lipinski definition) is 3. The molecular formula is C21H20ClN3O2. The number of carbonyl (C=O) groups is 1. The summed E-state index contributed by atoms with van der Waals surface area (Å²) in [7, 11) is 1.63. The topological polar surface area (TPSA) is 47.4 Å². The fraction of sp³-hybridized carbons (Fsp3) is 0.238. The van der Waals surface area contributed by atoms with Gasteiger partial charge >= 0.3 is 0 Å². The number of rotatable bonds is 4. The summed E-state index contributed by atoms with van der Waals surface area (Å²) in [5, 5.41) is 5.35. The summed E-state index contributed by atoms with van der Waals surface area (Å²) in [6, 6.07) is 15.3. The monoisotopic (exact) mass is 381 g/mol. The molecule has 4 rings (SSSR count).